The molecular formula is C37H54N4O4. The molecule has 4 aliphatic rings. The molecule has 8 heteroatoms. The van der Waals surface area contributed by atoms with Crippen LogP contribution in [0.5, 0.6) is 0 Å². The van der Waals surface area contributed by atoms with E-state index in [0.717, 1.165) is 45.4 Å². The van der Waals surface area contributed by atoms with E-state index in [1.54, 1.807) is 0 Å². The third kappa shape index (κ3) is 10.6. The van der Waals surface area contributed by atoms with Crippen molar-refractivity contribution in [2.45, 2.75) is 88.5 Å². The number of hydrogen-bond donors (Lipinski definition) is 2. The number of ether oxygens (including phenoxy) is 2. The molecule has 6 rings (SSSR count). The Bertz CT molecular complexity index is 1180. The Hall–Kier alpha value is -2.78. The van der Waals surface area contributed by atoms with Gasteiger partial charge in [0.25, 0.3) is 0 Å². The molecule has 6 atom stereocenters. The largest absolute Gasteiger partial charge is 0.460 e. The number of esters is 2. The second-order valence-electron chi connectivity index (χ2n) is 13.6. The second-order valence-corrected chi connectivity index (χ2v) is 13.6. The van der Waals surface area contributed by atoms with Crippen LogP contribution in [0.4, 0.5) is 0 Å². The van der Waals surface area contributed by atoms with Crippen molar-refractivity contribution >= 4 is 11.9 Å². The van der Waals surface area contributed by atoms with E-state index < -0.39 is 0 Å². The van der Waals surface area contributed by atoms with Crippen molar-refractivity contribution in [2.24, 2.45) is 17.6 Å². The molecule has 2 aromatic rings. The molecule has 2 aliphatic carbocycles. The zero-order chi connectivity index (χ0) is 31.4. The fraction of sp³-hybridized carbons (Fsp3) is 0.622. The predicted molar refractivity (Wildman–Crippen MR) is 178 cm³/mol. The Morgan fingerprint density at radius 3 is 1.67 bits per heavy atom. The molecule has 2 heterocycles. The first kappa shape index (κ1) is 33.6. The van der Waals surface area contributed by atoms with Crippen LogP contribution in [0.1, 0.15) is 62.5 Å². The van der Waals surface area contributed by atoms with Gasteiger partial charge in [0.05, 0.1) is 13.1 Å². The number of nitrogens with two attached hydrogens (primary N) is 1. The number of carbonyl (C=O) groups excluding carboxylic acids is 2. The average Bonchev–Trinajstić information content (AvgIpc) is 3.03. The highest BCUT2D eigenvalue weighted by Crippen LogP contribution is 2.27. The van der Waals surface area contributed by atoms with E-state index in [1.807, 2.05) is 36.4 Å². The topological polar surface area (TPSA) is 97.1 Å². The lowest BCUT2D eigenvalue weighted by atomic mass is 9.84. The lowest BCUT2D eigenvalue weighted by Crippen LogP contribution is -2.50. The van der Waals surface area contributed by atoms with Crippen molar-refractivity contribution in [1.82, 2.24) is 15.1 Å². The molecule has 2 aliphatic heterocycles. The molecular weight excluding hydrogens is 564 g/mol. The molecule has 0 unspecified atom stereocenters. The molecule has 246 valence electrons. The Labute approximate surface area is 270 Å². The van der Waals surface area contributed by atoms with Gasteiger partial charge in [-0.15, -0.1) is 0 Å². The van der Waals surface area contributed by atoms with Crippen molar-refractivity contribution in [1.29, 1.82) is 0 Å². The minimum Gasteiger partial charge on any atom is -0.460 e. The summed E-state index contributed by atoms with van der Waals surface area (Å²) in [7, 11) is 2.06. The molecule has 2 aromatic carbocycles. The van der Waals surface area contributed by atoms with E-state index in [4.69, 9.17) is 15.2 Å². The molecule has 8 nitrogen and oxygen atoms in total. The van der Waals surface area contributed by atoms with Crippen molar-refractivity contribution in [2.75, 3.05) is 46.3 Å². The number of carbonyl (C=O) groups is 2. The summed E-state index contributed by atoms with van der Waals surface area (Å²) >= 11 is 0. The van der Waals surface area contributed by atoms with Crippen molar-refractivity contribution < 1.29 is 19.1 Å². The van der Waals surface area contributed by atoms with E-state index in [1.165, 1.54) is 56.1 Å². The quantitative estimate of drug-likeness (QED) is 0.404. The first-order chi connectivity index (χ1) is 21.9. The number of cyclic esters (lactones) is 2. The Kier molecular flexibility index (Phi) is 12.9. The van der Waals surface area contributed by atoms with Crippen LogP contribution in [-0.2, 0) is 31.9 Å². The van der Waals surface area contributed by atoms with Crippen molar-refractivity contribution in [3.05, 3.63) is 71.8 Å². The van der Waals surface area contributed by atoms with Crippen LogP contribution < -0.4 is 11.1 Å². The average molecular weight is 619 g/mol. The first-order valence-electron chi connectivity index (χ1n) is 17.3. The smallest absolute Gasteiger partial charge is 0.320 e. The summed E-state index contributed by atoms with van der Waals surface area (Å²) in [5.41, 5.74) is 8.70. The number of rotatable bonds is 9. The van der Waals surface area contributed by atoms with E-state index in [0.29, 0.717) is 37.0 Å². The van der Waals surface area contributed by atoms with E-state index in [2.05, 4.69) is 46.4 Å². The Morgan fingerprint density at radius 2 is 1.16 bits per heavy atom. The van der Waals surface area contributed by atoms with Crippen LogP contribution in [0.3, 0.4) is 0 Å². The Morgan fingerprint density at radius 1 is 0.689 bits per heavy atom. The third-order valence-corrected chi connectivity index (χ3v) is 10.1. The normalized spacial score (nSPS) is 29.6. The van der Waals surface area contributed by atoms with Gasteiger partial charge in [-0.2, -0.15) is 0 Å². The lowest BCUT2D eigenvalue weighted by molar-refractivity contribution is -0.160. The molecule has 45 heavy (non-hydrogen) atoms. The Balaban J connectivity index is 0.000000178. The van der Waals surface area contributed by atoms with Crippen molar-refractivity contribution in [3.8, 4) is 0 Å². The van der Waals surface area contributed by atoms with Crippen LogP contribution in [-0.4, -0.2) is 92.3 Å². The SMILES string of the molecule is CN[C@@H]1CCCC[C@H]1CN1CC(=O)O[C@@H](Cc2ccccc2)C1.N[C@@H]1CCCC[C@H]1CN1CC(=O)O[C@@H](Cc2ccccc2)C1. The molecule has 0 amide bonds. The zero-order valence-electron chi connectivity index (χ0n) is 27.2. The predicted octanol–water partition coefficient (Wildman–Crippen LogP) is 4.21. The van der Waals surface area contributed by atoms with Gasteiger partial charge in [-0.05, 0) is 55.7 Å². The number of nitrogens with one attached hydrogen (secondary N) is 1. The molecule has 0 spiro atoms. The van der Waals surface area contributed by atoms with Gasteiger partial charge in [0.15, 0.2) is 0 Å². The number of nitrogens with zero attached hydrogens (tertiary/aromatic N) is 2. The standard InChI is InChI=1S/C19H28N2O2.C18H26N2O2/c1-20-18-10-6-5-9-16(18)12-21-13-17(23-19(22)14-21)11-15-7-3-2-4-8-15;19-17-9-5-4-8-15(17)11-20-12-16(22-18(21)13-20)10-14-6-2-1-3-7-14/h2-4,7-8,16-18,20H,5-6,9-14H2,1H3;1-3,6-7,15-17H,4-5,8-13,19H2/t16-,17-,18+;15-,16-,17+/m00/s1. The molecule has 0 radical (unpaired) electrons. The summed E-state index contributed by atoms with van der Waals surface area (Å²) in [6, 6.07) is 21.4. The maximum Gasteiger partial charge on any atom is 0.320 e. The van der Waals surface area contributed by atoms with Crippen LogP contribution in [0, 0.1) is 11.8 Å². The van der Waals surface area contributed by atoms with E-state index in [9.17, 15) is 9.59 Å². The number of hydrogen-bond acceptors (Lipinski definition) is 8. The van der Waals surface area contributed by atoms with Gasteiger partial charge in [-0.1, -0.05) is 86.3 Å². The monoisotopic (exact) mass is 618 g/mol. The van der Waals surface area contributed by atoms with Gasteiger partial charge in [0, 0.05) is 51.1 Å². The highest BCUT2D eigenvalue weighted by molar-refractivity contribution is 5.73. The highest BCUT2D eigenvalue weighted by atomic mass is 16.6. The fourth-order valence-electron chi connectivity index (χ4n) is 7.77. The van der Waals surface area contributed by atoms with Gasteiger partial charge in [0.2, 0.25) is 0 Å². The zero-order valence-corrected chi connectivity index (χ0v) is 27.2. The molecule has 3 N–H and O–H groups in total. The maximum absolute atomic E-state index is 12.0. The van der Waals surface area contributed by atoms with Gasteiger partial charge >= 0.3 is 11.9 Å². The van der Waals surface area contributed by atoms with Gasteiger partial charge < -0.3 is 20.5 Å². The first-order valence-corrected chi connectivity index (χ1v) is 17.3. The molecule has 0 aromatic heterocycles. The number of benzene rings is 2. The summed E-state index contributed by atoms with van der Waals surface area (Å²) in [4.78, 5) is 28.4. The molecule has 2 saturated heterocycles. The fourth-order valence-corrected chi connectivity index (χ4v) is 7.77. The summed E-state index contributed by atoms with van der Waals surface area (Å²) < 4.78 is 11.1. The lowest BCUT2D eigenvalue weighted by Gasteiger charge is -2.38. The summed E-state index contributed by atoms with van der Waals surface area (Å²) in [6.07, 6.45) is 11.5. The summed E-state index contributed by atoms with van der Waals surface area (Å²) in [5, 5.41) is 3.46. The minimum atomic E-state index is -0.100. The molecule has 4 fully saturated rings. The van der Waals surface area contributed by atoms with Crippen LogP contribution >= 0.6 is 0 Å². The van der Waals surface area contributed by atoms with Crippen LogP contribution in [0.25, 0.3) is 0 Å². The maximum atomic E-state index is 12.0. The van der Waals surface area contributed by atoms with Gasteiger partial charge in [-0.3, -0.25) is 19.4 Å². The summed E-state index contributed by atoms with van der Waals surface area (Å²) in [6.45, 7) is 4.47. The summed E-state index contributed by atoms with van der Waals surface area (Å²) in [5.74, 6) is 1.000. The van der Waals surface area contributed by atoms with Crippen molar-refractivity contribution in [3.63, 3.8) is 0 Å². The van der Waals surface area contributed by atoms with Gasteiger partial charge in [-0.25, -0.2) is 0 Å². The van der Waals surface area contributed by atoms with Gasteiger partial charge in [0.1, 0.15) is 12.2 Å². The minimum absolute atomic E-state index is 0.0183. The second kappa shape index (κ2) is 17.2. The molecule has 2 saturated carbocycles. The third-order valence-electron chi connectivity index (χ3n) is 10.1. The highest BCUT2D eigenvalue weighted by Gasteiger charge is 2.32. The van der Waals surface area contributed by atoms with Crippen LogP contribution in [0.2, 0.25) is 0 Å². The van der Waals surface area contributed by atoms with Crippen LogP contribution in [0.15, 0.2) is 60.7 Å². The number of morpholine rings is 2. The molecule has 0 bridgehead atoms. The van der Waals surface area contributed by atoms with E-state index >= 15 is 0 Å². The van der Waals surface area contributed by atoms with E-state index in [-0.39, 0.29) is 24.1 Å².